The molecule has 0 saturated heterocycles. The molecule has 1 aromatic carbocycles. The molecule has 0 fully saturated rings. The minimum atomic E-state index is -1.16. The zero-order valence-electron chi connectivity index (χ0n) is 19.8. The topological polar surface area (TPSA) is 171 Å². The van der Waals surface area contributed by atoms with E-state index < -0.39 is 47.9 Å². The standard InChI is InChI=1S/C23H36N4O6/c1-12(2)10-17(22(31)27-19(13(3)4)23(32)33)26-21(30)18(25-20(29)14(5)24)11-15-6-8-16(28)9-7-15/h6-9,12-14,17-19,28H,10-11,24H2,1-5H3,(H,25,29)(H,26,30)(H,27,31)(H,32,33). The summed E-state index contributed by atoms with van der Waals surface area (Å²) in [5.74, 6) is -3.18. The van der Waals surface area contributed by atoms with E-state index in [1.54, 1.807) is 26.0 Å². The molecule has 0 heterocycles. The third-order valence-electron chi connectivity index (χ3n) is 4.99. The first kappa shape index (κ1) is 27.9. The summed E-state index contributed by atoms with van der Waals surface area (Å²) in [6.45, 7) is 8.57. The Balaban J connectivity index is 3.09. The maximum absolute atomic E-state index is 13.1. The highest BCUT2D eigenvalue weighted by molar-refractivity contribution is 5.94. The minimum Gasteiger partial charge on any atom is -0.508 e. The van der Waals surface area contributed by atoms with Gasteiger partial charge in [-0.15, -0.1) is 0 Å². The zero-order valence-corrected chi connectivity index (χ0v) is 19.8. The number of nitrogens with one attached hydrogen (secondary N) is 3. The molecule has 7 N–H and O–H groups in total. The molecule has 0 aliphatic carbocycles. The fourth-order valence-corrected chi connectivity index (χ4v) is 3.12. The van der Waals surface area contributed by atoms with Crippen molar-refractivity contribution in [3.63, 3.8) is 0 Å². The summed E-state index contributed by atoms with van der Waals surface area (Å²) in [5, 5.41) is 26.6. The Hall–Kier alpha value is -3.14. The summed E-state index contributed by atoms with van der Waals surface area (Å²) in [5.41, 5.74) is 6.30. The summed E-state index contributed by atoms with van der Waals surface area (Å²) >= 11 is 0. The first-order valence-corrected chi connectivity index (χ1v) is 11.0. The van der Waals surface area contributed by atoms with Gasteiger partial charge in [0.15, 0.2) is 0 Å². The Bertz CT molecular complexity index is 823. The number of benzene rings is 1. The number of carbonyl (C=O) groups is 4. The average Bonchev–Trinajstić information content (AvgIpc) is 2.71. The van der Waals surface area contributed by atoms with E-state index in [1.807, 2.05) is 13.8 Å². The Kier molecular flexibility index (Phi) is 10.8. The molecule has 184 valence electrons. The van der Waals surface area contributed by atoms with Crippen LogP contribution in [0, 0.1) is 11.8 Å². The molecule has 33 heavy (non-hydrogen) atoms. The fourth-order valence-electron chi connectivity index (χ4n) is 3.12. The van der Waals surface area contributed by atoms with Gasteiger partial charge in [0.25, 0.3) is 0 Å². The molecule has 0 spiro atoms. The van der Waals surface area contributed by atoms with Crippen molar-refractivity contribution in [1.29, 1.82) is 0 Å². The number of phenolic OH excluding ortho intramolecular Hbond substituents is 1. The van der Waals surface area contributed by atoms with Crippen LogP contribution in [0.5, 0.6) is 5.75 Å². The fraction of sp³-hybridized carbons (Fsp3) is 0.565. The lowest BCUT2D eigenvalue weighted by Gasteiger charge is -2.26. The molecule has 4 atom stereocenters. The number of carboxylic acids is 1. The maximum Gasteiger partial charge on any atom is 0.326 e. The molecule has 10 nitrogen and oxygen atoms in total. The van der Waals surface area contributed by atoms with Crippen LogP contribution in [0.2, 0.25) is 0 Å². The van der Waals surface area contributed by atoms with Gasteiger partial charge in [-0.3, -0.25) is 14.4 Å². The lowest BCUT2D eigenvalue weighted by molar-refractivity contribution is -0.143. The molecule has 0 aliphatic heterocycles. The number of rotatable bonds is 12. The van der Waals surface area contributed by atoms with E-state index in [0.717, 1.165) is 0 Å². The number of aromatic hydroxyl groups is 1. The highest BCUT2D eigenvalue weighted by Gasteiger charge is 2.31. The normalized spacial score (nSPS) is 14.8. The van der Waals surface area contributed by atoms with Crippen molar-refractivity contribution in [3.8, 4) is 5.75 Å². The number of carboxylic acid groups (broad SMARTS) is 1. The van der Waals surface area contributed by atoms with Crippen molar-refractivity contribution >= 4 is 23.7 Å². The number of nitrogens with two attached hydrogens (primary N) is 1. The second-order valence-electron chi connectivity index (χ2n) is 8.98. The zero-order chi connectivity index (χ0) is 25.3. The molecular formula is C23H36N4O6. The molecule has 0 aromatic heterocycles. The van der Waals surface area contributed by atoms with E-state index >= 15 is 0 Å². The van der Waals surface area contributed by atoms with Crippen LogP contribution in [0.3, 0.4) is 0 Å². The Morgan fingerprint density at radius 3 is 1.82 bits per heavy atom. The Labute approximate surface area is 194 Å². The van der Waals surface area contributed by atoms with Gasteiger partial charge in [0.05, 0.1) is 6.04 Å². The second kappa shape index (κ2) is 12.8. The molecule has 0 bridgehead atoms. The lowest BCUT2D eigenvalue weighted by atomic mass is 9.99. The van der Waals surface area contributed by atoms with Gasteiger partial charge < -0.3 is 31.9 Å². The van der Waals surface area contributed by atoms with Crippen molar-refractivity contribution in [2.24, 2.45) is 17.6 Å². The van der Waals surface area contributed by atoms with Crippen LogP contribution in [0.4, 0.5) is 0 Å². The number of carbonyl (C=O) groups excluding carboxylic acids is 3. The van der Waals surface area contributed by atoms with Crippen LogP contribution < -0.4 is 21.7 Å². The average molecular weight is 465 g/mol. The van der Waals surface area contributed by atoms with Gasteiger partial charge in [-0.05, 0) is 42.9 Å². The number of hydrogen-bond acceptors (Lipinski definition) is 6. The monoisotopic (exact) mass is 464 g/mol. The maximum atomic E-state index is 13.1. The van der Waals surface area contributed by atoms with Crippen LogP contribution in [0.25, 0.3) is 0 Å². The first-order chi connectivity index (χ1) is 15.3. The number of amides is 3. The van der Waals surface area contributed by atoms with Gasteiger partial charge in [0.1, 0.15) is 23.9 Å². The molecule has 1 rings (SSSR count). The Morgan fingerprint density at radius 1 is 0.848 bits per heavy atom. The molecule has 0 radical (unpaired) electrons. The predicted molar refractivity (Wildman–Crippen MR) is 123 cm³/mol. The third-order valence-corrected chi connectivity index (χ3v) is 4.99. The molecular weight excluding hydrogens is 428 g/mol. The Morgan fingerprint density at radius 2 is 1.36 bits per heavy atom. The quantitative estimate of drug-likeness (QED) is 0.262. The van der Waals surface area contributed by atoms with Crippen LogP contribution in [-0.2, 0) is 25.6 Å². The SMILES string of the molecule is CC(C)CC(NC(=O)C(Cc1ccc(O)cc1)NC(=O)C(C)N)C(=O)NC(C(=O)O)C(C)C. The van der Waals surface area contributed by atoms with E-state index in [4.69, 9.17) is 5.73 Å². The highest BCUT2D eigenvalue weighted by Crippen LogP contribution is 2.13. The van der Waals surface area contributed by atoms with Crippen LogP contribution >= 0.6 is 0 Å². The molecule has 0 saturated carbocycles. The van der Waals surface area contributed by atoms with Gasteiger partial charge in [0.2, 0.25) is 17.7 Å². The van der Waals surface area contributed by atoms with Crippen molar-refractivity contribution in [2.75, 3.05) is 0 Å². The largest absolute Gasteiger partial charge is 0.508 e. The van der Waals surface area contributed by atoms with E-state index in [9.17, 15) is 29.4 Å². The molecule has 4 unspecified atom stereocenters. The van der Waals surface area contributed by atoms with E-state index in [1.165, 1.54) is 19.1 Å². The molecule has 0 aliphatic rings. The molecule has 1 aromatic rings. The van der Waals surface area contributed by atoms with Gasteiger partial charge in [-0.1, -0.05) is 39.8 Å². The third kappa shape index (κ3) is 9.48. The minimum absolute atomic E-state index is 0.0255. The smallest absolute Gasteiger partial charge is 0.326 e. The van der Waals surface area contributed by atoms with Crippen molar-refractivity contribution in [1.82, 2.24) is 16.0 Å². The lowest BCUT2D eigenvalue weighted by Crippen LogP contribution is -2.58. The molecule has 3 amide bonds. The van der Waals surface area contributed by atoms with Gasteiger partial charge in [-0.25, -0.2) is 4.79 Å². The second-order valence-corrected chi connectivity index (χ2v) is 8.98. The molecule has 10 heteroatoms. The number of hydrogen-bond donors (Lipinski definition) is 6. The summed E-state index contributed by atoms with van der Waals surface area (Å²) in [4.78, 5) is 49.6. The van der Waals surface area contributed by atoms with Crippen molar-refractivity contribution in [3.05, 3.63) is 29.8 Å². The highest BCUT2D eigenvalue weighted by atomic mass is 16.4. The van der Waals surface area contributed by atoms with E-state index in [-0.39, 0.29) is 30.4 Å². The predicted octanol–water partition coefficient (Wildman–Crippen LogP) is 0.523. The summed E-state index contributed by atoms with van der Waals surface area (Å²) in [7, 11) is 0. The summed E-state index contributed by atoms with van der Waals surface area (Å²) < 4.78 is 0. The van der Waals surface area contributed by atoms with Crippen molar-refractivity contribution < 1.29 is 29.4 Å². The van der Waals surface area contributed by atoms with Gasteiger partial charge >= 0.3 is 5.97 Å². The summed E-state index contributed by atoms with van der Waals surface area (Å²) in [6, 6.07) is 2.18. The summed E-state index contributed by atoms with van der Waals surface area (Å²) in [6.07, 6.45) is 0.375. The number of phenols is 1. The van der Waals surface area contributed by atoms with Gasteiger partial charge in [0, 0.05) is 6.42 Å². The first-order valence-electron chi connectivity index (χ1n) is 11.0. The van der Waals surface area contributed by atoms with Crippen LogP contribution in [-0.4, -0.2) is 58.1 Å². The van der Waals surface area contributed by atoms with Gasteiger partial charge in [-0.2, -0.15) is 0 Å². The van der Waals surface area contributed by atoms with E-state index in [0.29, 0.717) is 5.56 Å². The number of aliphatic carboxylic acids is 1. The van der Waals surface area contributed by atoms with Crippen molar-refractivity contribution in [2.45, 2.75) is 71.6 Å². The van der Waals surface area contributed by atoms with Crippen LogP contribution in [0.15, 0.2) is 24.3 Å². The van der Waals surface area contributed by atoms with E-state index in [2.05, 4.69) is 16.0 Å². The van der Waals surface area contributed by atoms with Crippen LogP contribution in [0.1, 0.15) is 46.6 Å².